The van der Waals surface area contributed by atoms with Crippen molar-refractivity contribution in [1.82, 2.24) is 9.97 Å². The Morgan fingerprint density at radius 3 is 3.00 bits per heavy atom. The SMILES string of the molecule is CC(C)C1CCCN1c1nc(Cl)ncc1Br. The molecule has 2 rings (SSSR count). The van der Waals surface area contributed by atoms with Gasteiger partial charge < -0.3 is 4.90 Å². The summed E-state index contributed by atoms with van der Waals surface area (Å²) in [5, 5.41) is 0.313. The second-order valence-electron chi connectivity index (χ2n) is 4.46. The number of nitrogens with zero attached hydrogens (tertiary/aromatic N) is 3. The van der Waals surface area contributed by atoms with Crippen LogP contribution >= 0.6 is 27.5 Å². The molecule has 0 amide bonds. The smallest absolute Gasteiger partial charge is 0.224 e. The van der Waals surface area contributed by atoms with Gasteiger partial charge in [0.25, 0.3) is 0 Å². The summed E-state index contributed by atoms with van der Waals surface area (Å²) in [5.74, 6) is 1.55. The molecule has 1 fully saturated rings. The fourth-order valence-electron chi connectivity index (χ4n) is 2.29. The molecule has 1 unspecified atom stereocenters. The quantitative estimate of drug-likeness (QED) is 0.783. The first-order valence-electron chi connectivity index (χ1n) is 5.54. The van der Waals surface area contributed by atoms with Crippen LogP contribution in [0.1, 0.15) is 26.7 Å². The average Bonchev–Trinajstić information content (AvgIpc) is 2.70. The van der Waals surface area contributed by atoms with Crippen LogP contribution in [-0.2, 0) is 0 Å². The van der Waals surface area contributed by atoms with Gasteiger partial charge in [-0.1, -0.05) is 13.8 Å². The van der Waals surface area contributed by atoms with Crippen molar-refractivity contribution in [1.29, 1.82) is 0 Å². The van der Waals surface area contributed by atoms with Gasteiger partial charge in [-0.25, -0.2) is 4.98 Å². The summed E-state index contributed by atoms with van der Waals surface area (Å²) in [7, 11) is 0. The largest absolute Gasteiger partial charge is 0.352 e. The van der Waals surface area contributed by atoms with E-state index in [9.17, 15) is 0 Å². The minimum Gasteiger partial charge on any atom is -0.352 e. The number of hydrogen-bond acceptors (Lipinski definition) is 3. The van der Waals surface area contributed by atoms with Gasteiger partial charge in [0.2, 0.25) is 5.28 Å². The third-order valence-electron chi connectivity index (χ3n) is 3.04. The van der Waals surface area contributed by atoms with Gasteiger partial charge in [0.1, 0.15) is 5.82 Å². The normalized spacial score (nSPS) is 20.8. The molecule has 0 aromatic carbocycles. The summed E-state index contributed by atoms with van der Waals surface area (Å²) in [6, 6.07) is 0.558. The number of hydrogen-bond donors (Lipinski definition) is 0. The van der Waals surface area contributed by atoms with E-state index in [1.54, 1.807) is 6.20 Å². The van der Waals surface area contributed by atoms with E-state index in [0.717, 1.165) is 16.8 Å². The Kier molecular flexibility index (Phi) is 3.70. The minimum atomic E-state index is 0.313. The minimum absolute atomic E-state index is 0.313. The number of anilines is 1. The molecule has 0 aliphatic carbocycles. The average molecular weight is 305 g/mol. The monoisotopic (exact) mass is 303 g/mol. The van der Waals surface area contributed by atoms with Gasteiger partial charge in [-0.05, 0) is 46.3 Å². The molecular formula is C11H15BrClN3. The Balaban J connectivity index is 2.32. The molecule has 3 nitrogen and oxygen atoms in total. The topological polar surface area (TPSA) is 29.0 Å². The Hall–Kier alpha value is -0.350. The van der Waals surface area contributed by atoms with Crippen molar-refractivity contribution < 1.29 is 0 Å². The van der Waals surface area contributed by atoms with Gasteiger partial charge in [-0.15, -0.1) is 0 Å². The van der Waals surface area contributed by atoms with Crippen LogP contribution in [0.15, 0.2) is 10.7 Å². The molecule has 16 heavy (non-hydrogen) atoms. The zero-order valence-corrected chi connectivity index (χ0v) is 11.8. The first kappa shape index (κ1) is 12.1. The van der Waals surface area contributed by atoms with Crippen LogP contribution in [-0.4, -0.2) is 22.6 Å². The highest BCUT2D eigenvalue weighted by molar-refractivity contribution is 9.10. The lowest BCUT2D eigenvalue weighted by molar-refractivity contribution is 0.489. The van der Waals surface area contributed by atoms with Crippen LogP contribution in [0.25, 0.3) is 0 Å². The van der Waals surface area contributed by atoms with Crippen LogP contribution < -0.4 is 4.90 Å². The van der Waals surface area contributed by atoms with E-state index in [1.807, 2.05) is 0 Å². The highest BCUT2D eigenvalue weighted by Crippen LogP contribution is 2.33. The Labute approximate surface area is 109 Å². The molecular weight excluding hydrogens is 289 g/mol. The zero-order chi connectivity index (χ0) is 11.7. The number of halogens is 2. The molecule has 0 spiro atoms. The van der Waals surface area contributed by atoms with Gasteiger partial charge in [0.15, 0.2) is 0 Å². The van der Waals surface area contributed by atoms with Gasteiger partial charge in [0.05, 0.1) is 4.47 Å². The standard InChI is InChI=1S/C11H15BrClN3/c1-7(2)9-4-3-5-16(9)10-8(12)6-14-11(13)15-10/h6-7,9H,3-5H2,1-2H3. The molecule has 1 atom stereocenters. The molecule has 0 N–H and O–H groups in total. The highest BCUT2D eigenvalue weighted by atomic mass is 79.9. The lowest BCUT2D eigenvalue weighted by atomic mass is 10.0. The first-order chi connectivity index (χ1) is 7.59. The van der Waals surface area contributed by atoms with E-state index in [1.165, 1.54) is 12.8 Å². The van der Waals surface area contributed by atoms with E-state index < -0.39 is 0 Å². The first-order valence-corrected chi connectivity index (χ1v) is 6.71. The van der Waals surface area contributed by atoms with Crippen LogP contribution in [0.4, 0.5) is 5.82 Å². The summed E-state index contributed by atoms with van der Waals surface area (Å²) in [6.45, 7) is 5.55. The lowest BCUT2D eigenvalue weighted by Crippen LogP contribution is -2.34. The maximum Gasteiger partial charge on any atom is 0.224 e. The molecule has 1 aromatic heterocycles. The van der Waals surface area contributed by atoms with Crippen molar-refractivity contribution in [3.8, 4) is 0 Å². The van der Waals surface area contributed by atoms with E-state index in [4.69, 9.17) is 11.6 Å². The van der Waals surface area contributed by atoms with Crippen molar-refractivity contribution in [2.24, 2.45) is 5.92 Å². The van der Waals surface area contributed by atoms with Gasteiger partial charge >= 0.3 is 0 Å². The Morgan fingerprint density at radius 2 is 2.31 bits per heavy atom. The van der Waals surface area contributed by atoms with E-state index in [0.29, 0.717) is 17.2 Å². The maximum atomic E-state index is 5.85. The maximum absolute atomic E-state index is 5.85. The molecule has 1 saturated heterocycles. The molecule has 2 heterocycles. The second kappa shape index (κ2) is 4.88. The summed E-state index contributed by atoms with van der Waals surface area (Å²) in [6.07, 6.45) is 4.17. The summed E-state index contributed by atoms with van der Waals surface area (Å²) >= 11 is 9.34. The summed E-state index contributed by atoms with van der Waals surface area (Å²) < 4.78 is 0.921. The highest BCUT2D eigenvalue weighted by Gasteiger charge is 2.29. The van der Waals surface area contributed by atoms with Crippen LogP contribution in [0.2, 0.25) is 5.28 Å². The molecule has 1 aliphatic heterocycles. The van der Waals surface area contributed by atoms with Crippen molar-refractivity contribution in [3.63, 3.8) is 0 Å². The Bertz CT molecular complexity index is 383. The van der Waals surface area contributed by atoms with Crippen LogP contribution in [0.5, 0.6) is 0 Å². The van der Waals surface area contributed by atoms with Gasteiger partial charge in [-0.3, -0.25) is 0 Å². The van der Waals surface area contributed by atoms with Crippen molar-refractivity contribution in [2.75, 3.05) is 11.4 Å². The summed E-state index contributed by atoms with van der Waals surface area (Å²) in [5.41, 5.74) is 0. The van der Waals surface area contributed by atoms with Crippen LogP contribution in [0, 0.1) is 5.92 Å². The molecule has 88 valence electrons. The second-order valence-corrected chi connectivity index (χ2v) is 5.65. The van der Waals surface area contributed by atoms with Crippen molar-refractivity contribution >= 4 is 33.3 Å². The molecule has 1 aromatic rings. The van der Waals surface area contributed by atoms with Crippen LogP contribution in [0.3, 0.4) is 0 Å². The Morgan fingerprint density at radius 1 is 1.56 bits per heavy atom. The predicted molar refractivity (Wildman–Crippen MR) is 69.9 cm³/mol. The summed E-state index contributed by atoms with van der Waals surface area (Å²) in [4.78, 5) is 10.6. The molecule has 0 bridgehead atoms. The molecule has 1 aliphatic rings. The molecule has 5 heteroatoms. The fraction of sp³-hybridized carbons (Fsp3) is 0.636. The predicted octanol–water partition coefficient (Wildman–Crippen LogP) is 3.52. The third kappa shape index (κ3) is 2.33. The number of aromatic nitrogens is 2. The van der Waals surface area contributed by atoms with Gasteiger partial charge in [-0.2, -0.15) is 4.98 Å². The van der Waals surface area contributed by atoms with E-state index in [2.05, 4.69) is 44.6 Å². The molecule has 0 radical (unpaired) electrons. The fourth-order valence-corrected chi connectivity index (χ4v) is 2.84. The third-order valence-corrected chi connectivity index (χ3v) is 3.78. The zero-order valence-electron chi connectivity index (χ0n) is 9.45. The molecule has 0 saturated carbocycles. The van der Waals surface area contributed by atoms with Crippen molar-refractivity contribution in [3.05, 3.63) is 16.0 Å². The van der Waals surface area contributed by atoms with E-state index >= 15 is 0 Å². The number of rotatable bonds is 2. The van der Waals surface area contributed by atoms with Crippen molar-refractivity contribution in [2.45, 2.75) is 32.7 Å². The van der Waals surface area contributed by atoms with E-state index in [-0.39, 0.29) is 0 Å². The van der Waals surface area contributed by atoms with Gasteiger partial charge in [0, 0.05) is 18.8 Å². The lowest BCUT2D eigenvalue weighted by Gasteiger charge is -2.29.